The molecule has 0 spiro atoms. The second-order valence-electron chi connectivity index (χ2n) is 6.33. The first-order valence-electron chi connectivity index (χ1n) is 8.57. The molecule has 132 valence electrons. The quantitative estimate of drug-likeness (QED) is 0.769. The molecule has 0 radical (unpaired) electrons. The highest BCUT2D eigenvalue weighted by atomic mass is 32.1. The zero-order valence-corrected chi connectivity index (χ0v) is 15.4. The van der Waals surface area contributed by atoms with Crippen molar-refractivity contribution in [2.75, 3.05) is 38.2 Å². The van der Waals surface area contributed by atoms with Crippen LogP contribution in [0.25, 0.3) is 10.6 Å². The topological polar surface area (TPSA) is 62.2 Å². The van der Waals surface area contributed by atoms with Gasteiger partial charge in [-0.25, -0.2) is 5.01 Å². The zero-order chi connectivity index (χ0) is 17.9. The summed E-state index contributed by atoms with van der Waals surface area (Å²) < 4.78 is 0. The highest BCUT2D eigenvalue weighted by Gasteiger charge is 2.26. The van der Waals surface area contributed by atoms with Crippen molar-refractivity contribution in [3.05, 3.63) is 53.5 Å². The van der Waals surface area contributed by atoms with Crippen LogP contribution in [0.4, 0.5) is 11.4 Å². The van der Waals surface area contributed by atoms with Crippen molar-refractivity contribution in [2.45, 2.75) is 0 Å². The van der Waals surface area contributed by atoms with Gasteiger partial charge in [0.25, 0.3) is 0 Å². The Morgan fingerprint density at radius 3 is 2.65 bits per heavy atom. The number of hydrogen-bond acceptors (Lipinski definition) is 6. The molecule has 1 saturated heterocycles. The Bertz CT molecular complexity index is 902. The summed E-state index contributed by atoms with van der Waals surface area (Å²) in [5.41, 5.74) is 3.66. The van der Waals surface area contributed by atoms with Gasteiger partial charge in [-0.2, -0.15) is 10.4 Å². The number of likely N-dealkylation sites (N-methyl/N-ethyl adjacent to an activating group) is 1. The van der Waals surface area contributed by atoms with E-state index in [0.29, 0.717) is 5.56 Å². The van der Waals surface area contributed by atoms with Gasteiger partial charge in [-0.05, 0) is 25.2 Å². The molecule has 0 unspecified atom stereocenters. The van der Waals surface area contributed by atoms with Crippen LogP contribution >= 0.6 is 11.3 Å². The van der Waals surface area contributed by atoms with Gasteiger partial charge in [0.2, 0.25) is 0 Å². The molecule has 4 rings (SSSR count). The maximum atomic E-state index is 9.14. The third-order valence-electron chi connectivity index (χ3n) is 4.57. The first-order chi connectivity index (χ1) is 12.8. The van der Waals surface area contributed by atoms with Gasteiger partial charge in [0.05, 0.1) is 16.1 Å². The molecule has 0 saturated carbocycles. The van der Waals surface area contributed by atoms with Crippen molar-refractivity contribution in [2.24, 2.45) is 0 Å². The van der Waals surface area contributed by atoms with Gasteiger partial charge in [0, 0.05) is 37.8 Å². The van der Waals surface area contributed by atoms with E-state index in [9.17, 15) is 0 Å². The van der Waals surface area contributed by atoms with E-state index in [1.165, 1.54) is 0 Å². The minimum Gasteiger partial charge on any atom is -0.304 e. The summed E-state index contributed by atoms with van der Waals surface area (Å²) >= 11 is 1.55. The molecule has 2 aromatic heterocycles. The molecule has 1 aliphatic rings. The Morgan fingerprint density at radius 1 is 1.19 bits per heavy atom. The molecule has 3 aromatic rings. The Hall–Kier alpha value is -2.66. The smallest absolute Gasteiger partial charge is 0.127 e. The van der Waals surface area contributed by atoms with Gasteiger partial charge >= 0.3 is 0 Å². The average molecular weight is 364 g/mol. The Morgan fingerprint density at radius 2 is 1.96 bits per heavy atom. The molecule has 0 atom stereocenters. The van der Waals surface area contributed by atoms with Crippen molar-refractivity contribution in [1.82, 2.24) is 20.1 Å². The maximum Gasteiger partial charge on any atom is 0.127 e. The number of hydrazine groups is 1. The lowest BCUT2D eigenvalue weighted by Crippen LogP contribution is -2.51. The number of thiophene rings is 1. The van der Waals surface area contributed by atoms with Gasteiger partial charge in [0.1, 0.15) is 17.5 Å². The number of nitrogens with zero attached hydrogens (tertiary/aromatic N) is 5. The Labute approximate surface area is 156 Å². The summed E-state index contributed by atoms with van der Waals surface area (Å²) in [5.74, 6) is 0. The van der Waals surface area contributed by atoms with E-state index >= 15 is 0 Å². The van der Waals surface area contributed by atoms with E-state index in [4.69, 9.17) is 5.26 Å². The minimum atomic E-state index is 0.671. The summed E-state index contributed by atoms with van der Waals surface area (Å²) in [6.07, 6.45) is 1.94. The van der Waals surface area contributed by atoms with Crippen molar-refractivity contribution < 1.29 is 0 Å². The van der Waals surface area contributed by atoms with Crippen molar-refractivity contribution in [1.29, 1.82) is 5.26 Å². The molecule has 1 aliphatic heterocycles. The molecule has 0 bridgehead atoms. The number of nitriles is 1. The van der Waals surface area contributed by atoms with E-state index < -0.39 is 0 Å². The fourth-order valence-corrected chi connectivity index (χ4v) is 4.00. The number of aromatic amines is 1. The van der Waals surface area contributed by atoms with E-state index in [0.717, 1.165) is 48.1 Å². The molecular formula is C19H20N6S. The number of piperazine rings is 1. The second-order valence-corrected chi connectivity index (χ2v) is 7.25. The van der Waals surface area contributed by atoms with Gasteiger partial charge in [-0.15, -0.1) is 11.3 Å². The normalized spacial score (nSPS) is 15.7. The van der Waals surface area contributed by atoms with Crippen LogP contribution in [-0.4, -0.2) is 53.3 Å². The summed E-state index contributed by atoms with van der Waals surface area (Å²) in [4.78, 5) is 3.34. The third-order valence-corrected chi connectivity index (χ3v) is 5.51. The lowest BCUT2D eigenvalue weighted by molar-refractivity contribution is 0.155. The van der Waals surface area contributed by atoms with Crippen LogP contribution in [0.15, 0.2) is 48.0 Å². The number of nitrogens with one attached hydrogen (secondary N) is 1. The number of hydrogen-bond donors (Lipinski definition) is 1. The summed E-state index contributed by atoms with van der Waals surface area (Å²) in [5, 5.41) is 23.1. The molecule has 1 fully saturated rings. The first-order valence-corrected chi connectivity index (χ1v) is 9.45. The average Bonchev–Trinajstić information content (AvgIpc) is 3.33. The van der Waals surface area contributed by atoms with Crippen molar-refractivity contribution in [3.63, 3.8) is 0 Å². The summed E-state index contributed by atoms with van der Waals surface area (Å²) in [7, 11) is 2.16. The van der Waals surface area contributed by atoms with Gasteiger partial charge in [0.15, 0.2) is 0 Å². The highest BCUT2D eigenvalue weighted by molar-refractivity contribution is 7.13. The van der Waals surface area contributed by atoms with Crippen LogP contribution in [-0.2, 0) is 0 Å². The third kappa shape index (κ3) is 3.22. The van der Waals surface area contributed by atoms with Gasteiger partial charge in [-0.1, -0.05) is 18.2 Å². The highest BCUT2D eigenvalue weighted by Crippen LogP contribution is 2.37. The molecule has 1 N–H and O–H groups in total. The molecule has 3 heterocycles. The lowest BCUT2D eigenvalue weighted by atomic mass is 10.2. The number of H-pyrrole nitrogens is 1. The molecule has 6 nitrogen and oxygen atoms in total. The van der Waals surface area contributed by atoms with E-state index in [1.807, 2.05) is 23.7 Å². The van der Waals surface area contributed by atoms with Crippen LogP contribution in [0.2, 0.25) is 0 Å². The van der Waals surface area contributed by atoms with E-state index in [2.05, 4.69) is 62.5 Å². The van der Waals surface area contributed by atoms with E-state index in [1.54, 1.807) is 11.3 Å². The van der Waals surface area contributed by atoms with Crippen LogP contribution < -0.4 is 5.01 Å². The standard InChI is InChI=1S/C19H20N6S/c1-23-7-9-24(10-8-23)25(16-5-3-2-4-6-16)17-13-21-22-19(17)18-11-15(12-20)14-26-18/h2-6,11,13-14H,7-10H2,1H3,(H,21,22). The number of anilines is 2. The predicted molar refractivity (Wildman–Crippen MR) is 104 cm³/mol. The predicted octanol–water partition coefficient (Wildman–Crippen LogP) is 3.31. The van der Waals surface area contributed by atoms with Crippen LogP contribution in [0.1, 0.15) is 5.56 Å². The van der Waals surface area contributed by atoms with E-state index in [-0.39, 0.29) is 0 Å². The molecular weight excluding hydrogens is 344 g/mol. The van der Waals surface area contributed by atoms with Gasteiger partial charge in [-0.3, -0.25) is 10.1 Å². The fraction of sp³-hybridized carbons (Fsp3) is 0.263. The molecule has 26 heavy (non-hydrogen) atoms. The SMILES string of the molecule is CN1CCN(N(c2ccccc2)c2c[nH]nc2-c2cc(C#N)cs2)CC1. The fourth-order valence-electron chi connectivity index (χ4n) is 3.17. The Balaban J connectivity index is 1.76. The zero-order valence-electron chi connectivity index (χ0n) is 14.6. The number of rotatable bonds is 4. The largest absolute Gasteiger partial charge is 0.304 e. The van der Waals surface area contributed by atoms with Crippen LogP contribution in [0.3, 0.4) is 0 Å². The molecule has 0 aliphatic carbocycles. The van der Waals surface area contributed by atoms with Crippen LogP contribution in [0, 0.1) is 11.3 Å². The van der Waals surface area contributed by atoms with Crippen molar-refractivity contribution >= 4 is 22.7 Å². The number of aromatic nitrogens is 2. The van der Waals surface area contributed by atoms with Crippen molar-refractivity contribution in [3.8, 4) is 16.6 Å². The molecule has 7 heteroatoms. The Kier molecular flexibility index (Phi) is 4.71. The summed E-state index contributed by atoms with van der Waals surface area (Å²) in [6, 6.07) is 14.5. The molecule has 0 amide bonds. The maximum absolute atomic E-state index is 9.14. The number of benzene rings is 1. The minimum absolute atomic E-state index is 0.671. The van der Waals surface area contributed by atoms with Crippen LogP contribution in [0.5, 0.6) is 0 Å². The molecule has 1 aromatic carbocycles. The number of para-hydroxylation sites is 1. The van der Waals surface area contributed by atoms with Gasteiger partial charge < -0.3 is 4.90 Å². The summed E-state index contributed by atoms with van der Waals surface area (Å²) in [6.45, 7) is 3.94. The second kappa shape index (κ2) is 7.30. The lowest BCUT2D eigenvalue weighted by Gasteiger charge is -2.41. The monoisotopic (exact) mass is 364 g/mol. The first kappa shape index (κ1) is 16.8.